The Labute approximate surface area is 97.1 Å². The van der Waals surface area contributed by atoms with E-state index in [4.69, 9.17) is 0 Å². The molecule has 0 bridgehead atoms. The summed E-state index contributed by atoms with van der Waals surface area (Å²) in [5, 5.41) is 15.6. The van der Waals surface area contributed by atoms with Gasteiger partial charge in [-0.3, -0.25) is 0 Å². The average Bonchev–Trinajstić information content (AvgIpc) is 2.25. The van der Waals surface area contributed by atoms with E-state index in [0.29, 0.717) is 6.54 Å². The maximum Gasteiger partial charge on any atom is 0.126 e. The van der Waals surface area contributed by atoms with Crippen LogP contribution in [0.1, 0.15) is 32.0 Å². The number of anilines is 1. The van der Waals surface area contributed by atoms with E-state index in [-0.39, 0.29) is 12.1 Å². The minimum atomic E-state index is 0.0259. The molecule has 0 atom stereocenters. The van der Waals surface area contributed by atoms with Crippen LogP contribution in [0, 0.1) is 0 Å². The van der Waals surface area contributed by atoms with Crippen LogP contribution in [0.3, 0.4) is 0 Å². The van der Waals surface area contributed by atoms with E-state index >= 15 is 0 Å². The molecule has 0 fully saturated rings. The van der Waals surface area contributed by atoms with Crippen LogP contribution in [0.2, 0.25) is 0 Å². The number of rotatable bonds is 4. The van der Waals surface area contributed by atoms with Crippen molar-refractivity contribution >= 4 is 5.82 Å². The van der Waals surface area contributed by atoms with Gasteiger partial charge in [-0.15, -0.1) is 0 Å². The minimum Gasteiger partial charge on any atom is -0.392 e. The Hall–Kier alpha value is -1.13. The first-order valence-corrected chi connectivity index (χ1v) is 5.48. The molecule has 0 saturated carbocycles. The van der Waals surface area contributed by atoms with Gasteiger partial charge in [-0.1, -0.05) is 6.07 Å². The van der Waals surface area contributed by atoms with Gasteiger partial charge in [0.2, 0.25) is 0 Å². The topological polar surface area (TPSA) is 57.2 Å². The normalized spacial score (nSPS) is 11.6. The van der Waals surface area contributed by atoms with Crippen molar-refractivity contribution in [2.75, 3.05) is 12.4 Å². The molecule has 4 heteroatoms. The maximum absolute atomic E-state index is 9.22. The zero-order valence-corrected chi connectivity index (χ0v) is 10.5. The summed E-state index contributed by atoms with van der Waals surface area (Å²) < 4.78 is 0. The maximum atomic E-state index is 9.22. The molecule has 0 aliphatic heterocycles. The second-order valence-corrected chi connectivity index (χ2v) is 4.81. The quantitative estimate of drug-likeness (QED) is 0.724. The molecule has 0 unspecified atom stereocenters. The molecule has 4 nitrogen and oxygen atoms in total. The third-order valence-electron chi connectivity index (χ3n) is 2.28. The molecule has 16 heavy (non-hydrogen) atoms. The Bertz CT molecular complexity index is 345. The van der Waals surface area contributed by atoms with E-state index in [0.717, 1.165) is 17.1 Å². The molecule has 0 aliphatic carbocycles. The van der Waals surface area contributed by atoms with E-state index in [1.54, 1.807) is 0 Å². The van der Waals surface area contributed by atoms with Gasteiger partial charge < -0.3 is 15.7 Å². The SMILES string of the molecule is CNc1ccc(CO)c(CNC(C)(C)C)n1. The largest absolute Gasteiger partial charge is 0.392 e. The Balaban J connectivity index is 2.83. The van der Waals surface area contributed by atoms with E-state index in [1.807, 2.05) is 19.2 Å². The summed E-state index contributed by atoms with van der Waals surface area (Å²) in [6.45, 7) is 7.00. The van der Waals surface area contributed by atoms with Gasteiger partial charge in [0.15, 0.2) is 0 Å². The van der Waals surface area contributed by atoms with Crippen LogP contribution in [-0.4, -0.2) is 22.7 Å². The highest BCUT2D eigenvalue weighted by molar-refractivity contribution is 5.38. The summed E-state index contributed by atoms with van der Waals surface area (Å²) in [5.41, 5.74) is 1.81. The first kappa shape index (κ1) is 12.9. The molecule has 0 aliphatic rings. The molecule has 0 aromatic carbocycles. The van der Waals surface area contributed by atoms with Crippen LogP contribution in [0.5, 0.6) is 0 Å². The zero-order chi connectivity index (χ0) is 12.2. The van der Waals surface area contributed by atoms with Gasteiger partial charge in [-0.2, -0.15) is 0 Å². The highest BCUT2D eigenvalue weighted by atomic mass is 16.3. The predicted molar refractivity (Wildman–Crippen MR) is 66.3 cm³/mol. The molecule has 1 aromatic heterocycles. The molecule has 1 heterocycles. The summed E-state index contributed by atoms with van der Waals surface area (Å²) >= 11 is 0. The van der Waals surface area contributed by atoms with Gasteiger partial charge in [-0.25, -0.2) is 4.98 Å². The van der Waals surface area contributed by atoms with Crippen LogP contribution in [-0.2, 0) is 13.2 Å². The number of nitrogens with one attached hydrogen (secondary N) is 2. The summed E-state index contributed by atoms with van der Waals surface area (Å²) in [5.74, 6) is 0.822. The van der Waals surface area contributed by atoms with E-state index < -0.39 is 0 Å². The molecule has 0 saturated heterocycles. The van der Waals surface area contributed by atoms with Crippen LogP contribution < -0.4 is 10.6 Å². The summed E-state index contributed by atoms with van der Waals surface area (Å²) in [6.07, 6.45) is 0. The first-order chi connectivity index (χ1) is 7.46. The first-order valence-electron chi connectivity index (χ1n) is 5.48. The number of hydrogen-bond acceptors (Lipinski definition) is 4. The standard InChI is InChI=1S/C12H21N3O/c1-12(2,3)14-7-10-9(8-16)5-6-11(13-4)15-10/h5-6,14,16H,7-8H2,1-4H3,(H,13,15). The third kappa shape index (κ3) is 3.79. The lowest BCUT2D eigenvalue weighted by molar-refractivity contribution is 0.279. The molecular formula is C12H21N3O. The molecule has 90 valence electrons. The monoisotopic (exact) mass is 223 g/mol. The second kappa shape index (κ2) is 5.27. The molecular weight excluding hydrogens is 202 g/mol. The number of aliphatic hydroxyl groups excluding tert-OH is 1. The number of hydrogen-bond donors (Lipinski definition) is 3. The average molecular weight is 223 g/mol. The van der Waals surface area contributed by atoms with E-state index in [9.17, 15) is 5.11 Å². The molecule has 0 spiro atoms. The van der Waals surface area contributed by atoms with Gasteiger partial charge >= 0.3 is 0 Å². The van der Waals surface area contributed by atoms with Crippen molar-refractivity contribution in [3.05, 3.63) is 23.4 Å². The Morgan fingerprint density at radius 1 is 1.31 bits per heavy atom. The van der Waals surface area contributed by atoms with Crippen molar-refractivity contribution in [1.29, 1.82) is 0 Å². The van der Waals surface area contributed by atoms with Crippen LogP contribution in [0.4, 0.5) is 5.82 Å². The van der Waals surface area contributed by atoms with Crippen LogP contribution >= 0.6 is 0 Å². The Kier molecular flexibility index (Phi) is 4.26. The fraction of sp³-hybridized carbons (Fsp3) is 0.583. The van der Waals surface area contributed by atoms with Crippen molar-refractivity contribution in [3.63, 3.8) is 0 Å². The van der Waals surface area contributed by atoms with Crippen LogP contribution in [0.15, 0.2) is 12.1 Å². The van der Waals surface area contributed by atoms with Gasteiger partial charge in [0.1, 0.15) is 5.82 Å². The lowest BCUT2D eigenvalue weighted by Crippen LogP contribution is -2.35. The second-order valence-electron chi connectivity index (χ2n) is 4.81. The lowest BCUT2D eigenvalue weighted by atomic mass is 10.1. The highest BCUT2D eigenvalue weighted by Crippen LogP contribution is 2.12. The summed E-state index contributed by atoms with van der Waals surface area (Å²) in [6, 6.07) is 3.77. The Morgan fingerprint density at radius 2 is 2.00 bits per heavy atom. The van der Waals surface area contributed by atoms with Crippen molar-refractivity contribution in [3.8, 4) is 0 Å². The summed E-state index contributed by atoms with van der Waals surface area (Å²) in [7, 11) is 1.84. The lowest BCUT2D eigenvalue weighted by Gasteiger charge is -2.21. The molecule has 0 amide bonds. The Morgan fingerprint density at radius 3 is 2.50 bits per heavy atom. The van der Waals surface area contributed by atoms with Gasteiger partial charge in [0.25, 0.3) is 0 Å². The number of nitrogens with zero attached hydrogens (tertiary/aromatic N) is 1. The zero-order valence-electron chi connectivity index (χ0n) is 10.5. The molecule has 1 rings (SSSR count). The van der Waals surface area contributed by atoms with Crippen molar-refractivity contribution in [1.82, 2.24) is 10.3 Å². The predicted octanol–water partition coefficient (Wildman–Crippen LogP) is 1.50. The van der Waals surface area contributed by atoms with Gasteiger partial charge in [-0.05, 0) is 26.8 Å². The molecule has 1 aromatic rings. The smallest absolute Gasteiger partial charge is 0.126 e. The minimum absolute atomic E-state index is 0.0259. The van der Waals surface area contributed by atoms with E-state index in [2.05, 4.69) is 36.4 Å². The number of pyridine rings is 1. The van der Waals surface area contributed by atoms with Gasteiger partial charge in [0.05, 0.1) is 12.3 Å². The molecule has 3 N–H and O–H groups in total. The van der Waals surface area contributed by atoms with Gasteiger partial charge in [0, 0.05) is 24.7 Å². The van der Waals surface area contributed by atoms with Crippen molar-refractivity contribution in [2.24, 2.45) is 0 Å². The number of aromatic nitrogens is 1. The third-order valence-corrected chi connectivity index (χ3v) is 2.28. The van der Waals surface area contributed by atoms with Crippen molar-refractivity contribution in [2.45, 2.75) is 39.5 Å². The van der Waals surface area contributed by atoms with Crippen molar-refractivity contribution < 1.29 is 5.11 Å². The summed E-state index contributed by atoms with van der Waals surface area (Å²) in [4.78, 5) is 4.43. The fourth-order valence-electron chi connectivity index (χ4n) is 1.32. The number of aliphatic hydroxyl groups is 1. The molecule has 0 radical (unpaired) electrons. The van der Waals surface area contributed by atoms with E-state index in [1.165, 1.54) is 0 Å². The van der Waals surface area contributed by atoms with Crippen LogP contribution in [0.25, 0.3) is 0 Å². The highest BCUT2D eigenvalue weighted by Gasteiger charge is 2.11. The fourth-order valence-corrected chi connectivity index (χ4v) is 1.32.